The monoisotopic (exact) mass is 263 g/mol. The molecule has 1 atom stereocenters. The van der Waals surface area contributed by atoms with Crippen molar-refractivity contribution in [1.29, 1.82) is 0 Å². The highest BCUT2D eigenvalue weighted by Gasteiger charge is 2.22. The van der Waals surface area contributed by atoms with Gasteiger partial charge in [-0.15, -0.1) is 0 Å². The smallest absolute Gasteiger partial charge is 0.407 e. The van der Waals surface area contributed by atoms with Gasteiger partial charge in [0.05, 0.1) is 6.04 Å². The normalized spacial score (nSPS) is 23.2. The molecule has 1 aliphatic heterocycles. The molecular weight excluding hydrogens is 242 g/mol. The van der Waals surface area contributed by atoms with Crippen LogP contribution >= 0.6 is 0 Å². The summed E-state index contributed by atoms with van der Waals surface area (Å²) in [5.74, 6) is 0. The Hall–Kier alpha value is -2.01. The number of hydrogen-bond acceptors (Lipinski definition) is 3. The molecule has 0 spiro atoms. The van der Waals surface area contributed by atoms with Crippen LogP contribution in [0.2, 0.25) is 0 Å². The minimum Gasteiger partial charge on any atom is -0.447 e. The number of aryl methyl sites for hydroxylation is 1. The summed E-state index contributed by atoms with van der Waals surface area (Å²) in [6.07, 6.45) is -0.787. The summed E-state index contributed by atoms with van der Waals surface area (Å²) in [7, 11) is 0. The highest BCUT2D eigenvalue weighted by molar-refractivity contribution is 5.84. The van der Waals surface area contributed by atoms with Gasteiger partial charge >= 0.3 is 6.09 Å². The SMILES string of the molecule is [2H]C([2H])(N)C([2H])([2H])c1c[nH]c2ccc(C[C@H]3COC(=O)N3)cc12. The van der Waals surface area contributed by atoms with E-state index in [-0.39, 0.29) is 11.6 Å². The number of hydrogen-bond donors (Lipinski definition) is 3. The van der Waals surface area contributed by atoms with E-state index in [0.717, 1.165) is 5.56 Å². The summed E-state index contributed by atoms with van der Waals surface area (Å²) < 4.78 is 35.9. The van der Waals surface area contributed by atoms with Crippen molar-refractivity contribution in [2.24, 2.45) is 5.73 Å². The van der Waals surface area contributed by atoms with Crippen LogP contribution in [0.5, 0.6) is 0 Å². The molecule has 100 valence electrons. The molecular formula is C14H17N3O2. The third-order valence-corrected chi connectivity index (χ3v) is 3.17. The van der Waals surface area contributed by atoms with Crippen molar-refractivity contribution >= 4 is 17.0 Å². The fourth-order valence-corrected chi connectivity index (χ4v) is 2.30. The van der Waals surface area contributed by atoms with Gasteiger partial charge in [0.15, 0.2) is 0 Å². The minimum absolute atomic E-state index is 0.125. The summed E-state index contributed by atoms with van der Waals surface area (Å²) in [6, 6.07) is 5.34. The van der Waals surface area contributed by atoms with Gasteiger partial charge in [0.25, 0.3) is 0 Å². The molecule has 4 N–H and O–H groups in total. The number of aromatic nitrogens is 1. The first-order valence-electron chi connectivity index (χ1n) is 8.01. The number of rotatable bonds is 4. The minimum atomic E-state index is -2.51. The molecule has 1 amide bonds. The van der Waals surface area contributed by atoms with Gasteiger partial charge in [-0.05, 0) is 42.6 Å². The van der Waals surface area contributed by atoms with Crippen LogP contribution in [-0.4, -0.2) is 30.2 Å². The maximum Gasteiger partial charge on any atom is 0.407 e. The van der Waals surface area contributed by atoms with Crippen molar-refractivity contribution in [3.05, 3.63) is 35.5 Å². The second kappa shape index (κ2) is 4.93. The first kappa shape index (κ1) is 8.22. The largest absolute Gasteiger partial charge is 0.447 e. The number of ether oxygens (including phenoxy) is 1. The van der Waals surface area contributed by atoms with E-state index in [4.69, 9.17) is 16.0 Å². The molecule has 2 heterocycles. The van der Waals surface area contributed by atoms with E-state index in [1.54, 1.807) is 12.1 Å². The zero-order valence-electron chi connectivity index (χ0n) is 14.2. The lowest BCUT2D eigenvalue weighted by atomic mass is 10.0. The number of H-pyrrole nitrogens is 1. The molecule has 5 nitrogen and oxygen atoms in total. The van der Waals surface area contributed by atoms with E-state index < -0.39 is 19.0 Å². The third-order valence-electron chi connectivity index (χ3n) is 3.17. The zero-order chi connectivity index (χ0) is 16.8. The number of alkyl carbamates (subject to hydrolysis) is 1. The molecule has 5 heteroatoms. The number of cyclic esters (lactones) is 1. The van der Waals surface area contributed by atoms with E-state index in [1.807, 2.05) is 6.07 Å². The quantitative estimate of drug-likeness (QED) is 0.778. The summed E-state index contributed by atoms with van der Waals surface area (Å²) in [4.78, 5) is 14.0. The van der Waals surface area contributed by atoms with E-state index in [2.05, 4.69) is 10.3 Å². The molecule has 19 heavy (non-hydrogen) atoms. The lowest BCUT2D eigenvalue weighted by Crippen LogP contribution is -2.28. The Morgan fingerprint density at radius 2 is 2.42 bits per heavy atom. The van der Waals surface area contributed by atoms with E-state index in [9.17, 15) is 4.79 Å². The summed E-state index contributed by atoms with van der Waals surface area (Å²) >= 11 is 0. The Morgan fingerprint density at radius 1 is 1.53 bits per heavy atom. The second-order valence-electron chi connectivity index (χ2n) is 4.50. The van der Waals surface area contributed by atoms with Gasteiger partial charge in [0.2, 0.25) is 0 Å². The Bertz CT molecular complexity index is 754. The molecule has 0 radical (unpaired) electrons. The molecule has 1 aromatic carbocycles. The van der Waals surface area contributed by atoms with Crippen LogP contribution in [0.15, 0.2) is 24.4 Å². The van der Waals surface area contributed by atoms with Crippen LogP contribution in [0.25, 0.3) is 10.9 Å². The van der Waals surface area contributed by atoms with Gasteiger partial charge in [0, 0.05) is 22.6 Å². The number of amides is 1. The van der Waals surface area contributed by atoms with Gasteiger partial charge in [-0.3, -0.25) is 0 Å². The van der Waals surface area contributed by atoms with Gasteiger partial charge in [-0.1, -0.05) is 6.07 Å². The van der Waals surface area contributed by atoms with E-state index in [0.29, 0.717) is 23.9 Å². The number of carbonyl (C=O) groups is 1. The van der Waals surface area contributed by atoms with Crippen molar-refractivity contribution in [2.45, 2.75) is 18.8 Å². The Balaban J connectivity index is 1.96. The van der Waals surface area contributed by atoms with Crippen LogP contribution in [0.1, 0.15) is 16.6 Å². The highest BCUT2D eigenvalue weighted by Crippen LogP contribution is 2.21. The van der Waals surface area contributed by atoms with Gasteiger partial charge in [0.1, 0.15) is 6.61 Å². The second-order valence-corrected chi connectivity index (χ2v) is 4.50. The standard InChI is InChI=1S/C14H17N3O2/c15-4-3-10-7-16-13-2-1-9(6-12(10)13)5-11-8-19-14(18)17-11/h1-2,6-7,11,16H,3-5,8,15H2,(H,17,18)/t11-/m0/s1/i3D2,4D2. The molecule has 1 fully saturated rings. The van der Waals surface area contributed by atoms with Crippen molar-refractivity contribution in [1.82, 2.24) is 10.3 Å². The molecule has 1 aliphatic rings. The molecule has 0 saturated carbocycles. The molecule has 0 unspecified atom stereocenters. The molecule has 1 aromatic heterocycles. The first-order chi connectivity index (χ1) is 10.7. The molecule has 3 rings (SSSR count). The molecule has 1 saturated heterocycles. The fourth-order valence-electron chi connectivity index (χ4n) is 2.30. The van der Waals surface area contributed by atoms with E-state index >= 15 is 0 Å². The molecule has 0 bridgehead atoms. The number of aromatic amines is 1. The summed E-state index contributed by atoms with van der Waals surface area (Å²) in [5, 5.41) is 3.27. The average molecular weight is 263 g/mol. The maximum atomic E-state index is 11.1. The Labute approximate surface area is 116 Å². The van der Waals surface area contributed by atoms with Crippen molar-refractivity contribution in [2.75, 3.05) is 13.1 Å². The van der Waals surface area contributed by atoms with Crippen molar-refractivity contribution < 1.29 is 15.0 Å². The zero-order valence-corrected chi connectivity index (χ0v) is 10.2. The summed E-state index contributed by atoms with van der Waals surface area (Å²) in [6.45, 7) is -2.21. The number of benzene rings is 1. The average Bonchev–Trinajstić information content (AvgIpc) is 3.03. The lowest BCUT2D eigenvalue weighted by Gasteiger charge is -2.07. The van der Waals surface area contributed by atoms with Crippen LogP contribution in [0.3, 0.4) is 0 Å². The molecule has 2 aromatic rings. The number of nitrogens with one attached hydrogen (secondary N) is 2. The predicted molar refractivity (Wildman–Crippen MR) is 73.0 cm³/mol. The van der Waals surface area contributed by atoms with Crippen LogP contribution < -0.4 is 11.1 Å². The topological polar surface area (TPSA) is 80.1 Å². The number of fused-ring (bicyclic) bond motifs is 1. The summed E-state index contributed by atoms with van der Waals surface area (Å²) in [5.41, 5.74) is 7.12. The number of nitrogens with two attached hydrogens (primary N) is 1. The molecule has 0 aliphatic carbocycles. The van der Waals surface area contributed by atoms with Crippen molar-refractivity contribution in [3.63, 3.8) is 0 Å². The van der Waals surface area contributed by atoms with E-state index in [1.165, 1.54) is 6.20 Å². The van der Waals surface area contributed by atoms with Gasteiger partial charge in [-0.2, -0.15) is 0 Å². The number of carbonyl (C=O) groups excluding carboxylic acids is 1. The van der Waals surface area contributed by atoms with Crippen LogP contribution in [0, 0.1) is 0 Å². The Morgan fingerprint density at radius 3 is 3.16 bits per heavy atom. The highest BCUT2D eigenvalue weighted by atomic mass is 16.6. The first-order valence-corrected chi connectivity index (χ1v) is 6.01. The third kappa shape index (κ3) is 2.42. The fraction of sp³-hybridized carbons (Fsp3) is 0.357. The maximum absolute atomic E-state index is 11.1. The Kier molecular flexibility index (Phi) is 2.13. The lowest BCUT2D eigenvalue weighted by molar-refractivity contribution is 0.177. The van der Waals surface area contributed by atoms with Crippen molar-refractivity contribution in [3.8, 4) is 0 Å². The van der Waals surface area contributed by atoms with Crippen LogP contribution in [0.4, 0.5) is 4.79 Å². The van der Waals surface area contributed by atoms with Gasteiger partial charge < -0.3 is 20.8 Å². The predicted octanol–water partition coefficient (Wildman–Crippen LogP) is 1.32. The van der Waals surface area contributed by atoms with Gasteiger partial charge in [-0.25, -0.2) is 4.79 Å². The van der Waals surface area contributed by atoms with Crippen LogP contribution in [-0.2, 0) is 17.5 Å².